The zero-order chi connectivity index (χ0) is 14.3. The number of anilines is 1. The summed E-state index contributed by atoms with van der Waals surface area (Å²) in [5.74, 6) is 0. The van der Waals surface area contributed by atoms with Gasteiger partial charge in [-0.15, -0.1) is 0 Å². The highest BCUT2D eigenvalue weighted by atomic mass is 32.2. The van der Waals surface area contributed by atoms with E-state index < -0.39 is 22.9 Å². The minimum absolute atomic E-state index is 0.0214. The summed E-state index contributed by atoms with van der Waals surface area (Å²) >= 11 is 0. The molecule has 1 aromatic carbocycles. The van der Waals surface area contributed by atoms with Gasteiger partial charge in [-0.25, -0.2) is 0 Å². The molecule has 0 saturated heterocycles. The van der Waals surface area contributed by atoms with E-state index in [0.29, 0.717) is 11.3 Å². The fraction of sp³-hybridized carbons (Fsp3) is 0.400. The topological polar surface area (TPSA) is 75.4 Å². The van der Waals surface area contributed by atoms with E-state index in [0.717, 1.165) is 9.87 Å². The van der Waals surface area contributed by atoms with Crippen molar-refractivity contribution in [1.82, 2.24) is 9.03 Å². The Morgan fingerprint density at radius 2 is 1.89 bits per heavy atom. The van der Waals surface area contributed by atoms with E-state index in [4.69, 9.17) is 5.73 Å². The molecular formula is C10H12F3N3O2S. The van der Waals surface area contributed by atoms with Crippen molar-refractivity contribution in [2.24, 2.45) is 0 Å². The molecule has 3 N–H and O–H groups in total. The summed E-state index contributed by atoms with van der Waals surface area (Å²) in [6, 6.07) is 4.91. The Bertz CT molecular complexity index is 586. The largest absolute Gasteiger partial charge is 0.402 e. The van der Waals surface area contributed by atoms with Crippen LogP contribution >= 0.6 is 0 Å². The molecule has 0 fully saturated rings. The Labute approximate surface area is 108 Å². The van der Waals surface area contributed by atoms with Gasteiger partial charge in [0.15, 0.2) is 0 Å². The number of hydrogen-bond donors (Lipinski definition) is 2. The zero-order valence-electron chi connectivity index (χ0n) is 9.74. The first-order valence-corrected chi connectivity index (χ1v) is 6.80. The molecule has 0 radical (unpaired) electrons. The average molecular weight is 295 g/mol. The second-order valence-electron chi connectivity index (χ2n) is 4.24. The summed E-state index contributed by atoms with van der Waals surface area (Å²) in [4.78, 5) is 0. The van der Waals surface area contributed by atoms with Gasteiger partial charge < -0.3 is 5.73 Å². The molecule has 0 aliphatic carbocycles. The van der Waals surface area contributed by atoms with Crippen molar-refractivity contribution < 1.29 is 21.6 Å². The van der Waals surface area contributed by atoms with Crippen molar-refractivity contribution in [1.29, 1.82) is 0 Å². The maximum Gasteiger partial charge on any atom is 0.402 e. The van der Waals surface area contributed by atoms with Crippen molar-refractivity contribution >= 4 is 15.9 Å². The molecule has 106 valence electrons. The maximum atomic E-state index is 12.0. The summed E-state index contributed by atoms with van der Waals surface area (Å²) in [6.45, 7) is -1.51. The number of halogens is 3. The molecule has 9 heteroatoms. The molecule has 0 bridgehead atoms. The van der Waals surface area contributed by atoms with Crippen molar-refractivity contribution in [2.45, 2.75) is 19.3 Å². The highest BCUT2D eigenvalue weighted by Crippen LogP contribution is 2.26. The van der Waals surface area contributed by atoms with Gasteiger partial charge in [-0.1, -0.05) is 6.07 Å². The highest BCUT2D eigenvalue weighted by molar-refractivity contribution is 7.87. The molecule has 0 aromatic heterocycles. The third kappa shape index (κ3) is 3.37. The lowest BCUT2D eigenvalue weighted by molar-refractivity contribution is -0.121. The number of hydrogen-bond acceptors (Lipinski definition) is 3. The molecule has 1 aromatic rings. The minimum atomic E-state index is -4.58. The van der Waals surface area contributed by atoms with Crippen LogP contribution in [0.4, 0.5) is 18.9 Å². The number of nitrogen functional groups attached to an aromatic ring is 1. The van der Waals surface area contributed by atoms with E-state index in [2.05, 4.69) is 0 Å². The Morgan fingerprint density at radius 1 is 1.26 bits per heavy atom. The number of nitrogens with zero attached hydrogens (tertiary/aromatic N) is 1. The fourth-order valence-electron chi connectivity index (χ4n) is 1.82. The number of alkyl halides is 3. The highest BCUT2D eigenvalue weighted by Gasteiger charge is 2.34. The quantitative estimate of drug-likeness (QED) is 0.816. The van der Waals surface area contributed by atoms with Crippen LogP contribution < -0.4 is 10.5 Å². The fourth-order valence-corrected chi connectivity index (χ4v) is 2.96. The molecule has 5 nitrogen and oxygen atoms in total. The van der Waals surface area contributed by atoms with Crippen LogP contribution in [0.15, 0.2) is 18.2 Å². The molecule has 0 amide bonds. The van der Waals surface area contributed by atoms with Crippen LogP contribution in [-0.4, -0.2) is 25.4 Å². The summed E-state index contributed by atoms with van der Waals surface area (Å²) < 4.78 is 62.0. The van der Waals surface area contributed by atoms with Gasteiger partial charge >= 0.3 is 6.18 Å². The van der Waals surface area contributed by atoms with Crippen LogP contribution in [0.3, 0.4) is 0 Å². The predicted octanol–water partition coefficient (Wildman–Crippen LogP) is 0.981. The van der Waals surface area contributed by atoms with Gasteiger partial charge in [-0.3, -0.25) is 0 Å². The first kappa shape index (κ1) is 14.1. The number of benzene rings is 1. The second-order valence-corrected chi connectivity index (χ2v) is 5.99. The smallest absolute Gasteiger partial charge is 0.399 e. The molecule has 0 saturated carbocycles. The standard InChI is InChI=1S/C10H12F3N3O2S/c11-10(12,13)6-15-19(17,18)16-4-7-1-2-9(14)3-8(7)5-16/h1-3,15H,4-6,14H2. The van der Waals surface area contributed by atoms with E-state index >= 15 is 0 Å². The first-order valence-electron chi connectivity index (χ1n) is 5.36. The molecule has 19 heavy (non-hydrogen) atoms. The van der Waals surface area contributed by atoms with Crippen LogP contribution in [0.2, 0.25) is 0 Å². The van der Waals surface area contributed by atoms with E-state index in [9.17, 15) is 21.6 Å². The van der Waals surface area contributed by atoms with E-state index in [1.54, 1.807) is 18.2 Å². The number of nitrogens with one attached hydrogen (secondary N) is 1. The average Bonchev–Trinajstić information content (AvgIpc) is 2.69. The van der Waals surface area contributed by atoms with Gasteiger partial charge in [0, 0.05) is 18.8 Å². The van der Waals surface area contributed by atoms with Gasteiger partial charge in [0.05, 0.1) is 0 Å². The van der Waals surface area contributed by atoms with Gasteiger partial charge in [0.25, 0.3) is 10.2 Å². The lowest BCUT2D eigenvalue weighted by Gasteiger charge is -2.17. The molecule has 2 rings (SSSR count). The molecule has 1 aliphatic rings. The zero-order valence-corrected chi connectivity index (χ0v) is 10.6. The Kier molecular flexibility index (Phi) is 3.45. The van der Waals surface area contributed by atoms with Crippen LogP contribution in [0.1, 0.15) is 11.1 Å². The van der Waals surface area contributed by atoms with Crippen molar-refractivity contribution in [2.75, 3.05) is 12.3 Å². The van der Waals surface area contributed by atoms with Gasteiger partial charge in [-0.05, 0) is 23.3 Å². The molecule has 1 heterocycles. The first-order chi connectivity index (χ1) is 8.67. The summed E-state index contributed by atoms with van der Waals surface area (Å²) in [7, 11) is -4.15. The number of rotatable bonds is 3. The Hall–Kier alpha value is -1.32. The van der Waals surface area contributed by atoms with Crippen molar-refractivity contribution in [3.8, 4) is 0 Å². The van der Waals surface area contributed by atoms with Gasteiger partial charge in [-0.2, -0.15) is 30.6 Å². The monoisotopic (exact) mass is 295 g/mol. The molecule has 0 unspecified atom stereocenters. The molecule has 0 spiro atoms. The van der Waals surface area contributed by atoms with E-state index in [-0.39, 0.29) is 13.1 Å². The summed E-state index contributed by atoms with van der Waals surface area (Å²) in [5, 5.41) is 0. The van der Waals surface area contributed by atoms with Crippen LogP contribution in [-0.2, 0) is 23.3 Å². The minimum Gasteiger partial charge on any atom is -0.399 e. The Balaban J connectivity index is 2.09. The third-order valence-corrected chi connectivity index (χ3v) is 4.17. The van der Waals surface area contributed by atoms with Gasteiger partial charge in [0.2, 0.25) is 0 Å². The summed E-state index contributed by atoms with van der Waals surface area (Å²) in [6.07, 6.45) is -4.58. The third-order valence-electron chi connectivity index (χ3n) is 2.72. The lowest BCUT2D eigenvalue weighted by Crippen LogP contribution is -2.41. The van der Waals surface area contributed by atoms with Crippen LogP contribution in [0.25, 0.3) is 0 Å². The van der Waals surface area contributed by atoms with Crippen molar-refractivity contribution in [3.63, 3.8) is 0 Å². The second kappa shape index (κ2) is 4.66. The summed E-state index contributed by atoms with van der Waals surface area (Å²) in [5.41, 5.74) is 7.50. The molecule has 0 atom stereocenters. The predicted molar refractivity (Wildman–Crippen MR) is 63.1 cm³/mol. The number of nitrogens with two attached hydrogens (primary N) is 1. The SMILES string of the molecule is Nc1ccc2c(c1)CN(S(=O)(=O)NCC(F)(F)F)C2. The normalized spacial score (nSPS) is 16.6. The van der Waals surface area contributed by atoms with Gasteiger partial charge in [0.1, 0.15) is 6.54 Å². The lowest BCUT2D eigenvalue weighted by atomic mass is 10.1. The van der Waals surface area contributed by atoms with E-state index in [1.165, 1.54) is 4.72 Å². The molecular weight excluding hydrogens is 283 g/mol. The molecule has 1 aliphatic heterocycles. The van der Waals surface area contributed by atoms with E-state index in [1.807, 2.05) is 0 Å². The Morgan fingerprint density at radius 3 is 2.53 bits per heavy atom. The maximum absolute atomic E-state index is 12.0. The van der Waals surface area contributed by atoms with Crippen LogP contribution in [0, 0.1) is 0 Å². The van der Waals surface area contributed by atoms with Crippen LogP contribution in [0.5, 0.6) is 0 Å². The number of fused-ring (bicyclic) bond motifs is 1. The van der Waals surface area contributed by atoms with Crippen molar-refractivity contribution in [3.05, 3.63) is 29.3 Å².